The molecule has 9 heteroatoms. The van der Waals surface area contributed by atoms with Crippen molar-refractivity contribution in [2.24, 2.45) is 0 Å². The van der Waals surface area contributed by atoms with Crippen molar-refractivity contribution in [1.29, 1.82) is 0 Å². The van der Waals surface area contributed by atoms with E-state index in [0.717, 1.165) is 50.7 Å². The second kappa shape index (κ2) is 13.5. The largest absolute Gasteiger partial charge is 0.359 e. The van der Waals surface area contributed by atoms with Crippen LogP contribution >= 0.6 is 11.8 Å². The maximum absolute atomic E-state index is 12.0. The number of fused-ring (bicyclic) bond motifs is 1. The minimum absolute atomic E-state index is 0.0188. The number of unbranched alkanes of at least 4 members (excludes halogenated alkanes) is 4. The zero-order valence-corrected chi connectivity index (χ0v) is 18.8. The third-order valence-corrected chi connectivity index (χ3v) is 7.20. The van der Waals surface area contributed by atoms with Gasteiger partial charge in [0.1, 0.15) is 5.78 Å². The molecule has 2 heterocycles. The zero-order valence-electron chi connectivity index (χ0n) is 18.0. The molecular formula is C21H36N4O4S. The molecule has 4 amide bonds. The summed E-state index contributed by atoms with van der Waals surface area (Å²) in [4.78, 5) is 46.1. The smallest absolute Gasteiger partial charge is 0.315 e. The van der Waals surface area contributed by atoms with E-state index in [0.29, 0.717) is 43.3 Å². The zero-order chi connectivity index (χ0) is 21.8. The average molecular weight is 441 g/mol. The Labute approximate surface area is 183 Å². The van der Waals surface area contributed by atoms with Crippen LogP contribution in [-0.4, -0.2) is 60.3 Å². The van der Waals surface area contributed by atoms with Gasteiger partial charge in [-0.15, -0.1) is 0 Å². The molecule has 3 atom stereocenters. The molecule has 0 aromatic heterocycles. The quantitative estimate of drug-likeness (QED) is 0.229. The van der Waals surface area contributed by atoms with E-state index in [1.165, 1.54) is 0 Å². The summed E-state index contributed by atoms with van der Waals surface area (Å²) in [5.41, 5.74) is 0. The van der Waals surface area contributed by atoms with Crippen molar-refractivity contribution in [3.05, 3.63) is 0 Å². The van der Waals surface area contributed by atoms with Gasteiger partial charge in [-0.05, 0) is 25.7 Å². The molecule has 0 aromatic carbocycles. The van der Waals surface area contributed by atoms with Crippen LogP contribution in [0.2, 0.25) is 0 Å². The molecule has 4 N–H and O–H groups in total. The van der Waals surface area contributed by atoms with Crippen molar-refractivity contribution < 1.29 is 19.2 Å². The molecule has 2 aliphatic rings. The number of nitrogens with one attached hydrogen (secondary N) is 4. The van der Waals surface area contributed by atoms with Gasteiger partial charge in [-0.1, -0.05) is 19.3 Å². The van der Waals surface area contributed by atoms with E-state index in [1.807, 2.05) is 11.8 Å². The molecule has 0 radical (unpaired) electrons. The number of hydrogen-bond acceptors (Lipinski definition) is 5. The lowest BCUT2D eigenvalue weighted by Gasteiger charge is -2.16. The van der Waals surface area contributed by atoms with Crippen molar-refractivity contribution in [3.8, 4) is 0 Å². The topological polar surface area (TPSA) is 116 Å². The van der Waals surface area contributed by atoms with E-state index >= 15 is 0 Å². The molecule has 2 rings (SSSR count). The fourth-order valence-electron chi connectivity index (χ4n) is 3.93. The number of carbonyl (C=O) groups is 4. The van der Waals surface area contributed by atoms with Crippen molar-refractivity contribution >= 4 is 35.4 Å². The summed E-state index contributed by atoms with van der Waals surface area (Å²) in [6.45, 7) is 0.374. The summed E-state index contributed by atoms with van der Waals surface area (Å²) in [5, 5.41) is 11.7. The second-order valence-corrected chi connectivity index (χ2v) is 9.37. The van der Waals surface area contributed by atoms with Crippen molar-refractivity contribution in [1.82, 2.24) is 21.3 Å². The Bertz CT molecular complexity index is 602. The van der Waals surface area contributed by atoms with Gasteiger partial charge in [-0.2, -0.15) is 11.8 Å². The van der Waals surface area contributed by atoms with Crippen LogP contribution in [0.4, 0.5) is 4.79 Å². The molecule has 8 nitrogen and oxygen atoms in total. The Morgan fingerprint density at radius 3 is 2.37 bits per heavy atom. The predicted octanol–water partition coefficient (Wildman–Crippen LogP) is 1.87. The van der Waals surface area contributed by atoms with Gasteiger partial charge in [0.15, 0.2) is 0 Å². The van der Waals surface area contributed by atoms with E-state index in [2.05, 4.69) is 21.3 Å². The van der Waals surface area contributed by atoms with Crippen LogP contribution in [0.3, 0.4) is 0 Å². The lowest BCUT2D eigenvalue weighted by atomic mass is 10.0. The summed E-state index contributed by atoms with van der Waals surface area (Å²) in [7, 11) is 1.58. The van der Waals surface area contributed by atoms with Gasteiger partial charge in [0, 0.05) is 50.3 Å². The van der Waals surface area contributed by atoms with Crippen LogP contribution in [0, 0.1) is 0 Å². The number of urea groups is 1. The first-order valence-electron chi connectivity index (χ1n) is 11.2. The van der Waals surface area contributed by atoms with E-state index in [-0.39, 0.29) is 29.9 Å². The average Bonchev–Trinajstić information content (AvgIpc) is 3.27. The SMILES string of the molecule is CNC(=O)CCNC(=O)CCCCCCC(=O)CCCC[C@@H]1SC[C@@H]2NC(=O)N[C@@H]21. The van der Waals surface area contributed by atoms with Gasteiger partial charge >= 0.3 is 6.03 Å². The molecule has 0 bridgehead atoms. The summed E-state index contributed by atoms with van der Waals surface area (Å²) in [6.07, 6.45) is 8.64. The first-order chi connectivity index (χ1) is 14.5. The van der Waals surface area contributed by atoms with Gasteiger partial charge < -0.3 is 21.3 Å². The van der Waals surface area contributed by atoms with Crippen LogP contribution < -0.4 is 21.3 Å². The number of carbonyl (C=O) groups excluding carboxylic acids is 4. The van der Waals surface area contributed by atoms with Crippen molar-refractivity contribution in [3.63, 3.8) is 0 Å². The van der Waals surface area contributed by atoms with Gasteiger partial charge in [-0.25, -0.2) is 4.79 Å². The van der Waals surface area contributed by atoms with Gasteiger partial charge in [0.2, 0.25) is 11.8 Å². The Hall–Kier alpha value is -1.77. The molecule has 0 spiro atoms. The van der Waals surface area contributed by atoms with Crippen molar-refractivity contribution in [2.75, 3.05) is 19.3 Å². The Balaban J connectivity index is 1.38. The van der Waals surface area contributed by atoms with Crippen LogP contribution in [0.25, 0.3) is 0 Å². The maximum atomic E-state index is 12.0. The summed E-state index contributed by atoms with van der Waals surface area (Å²) < 4.78 is 0. The number of ketones is 1. The van der Waals surface area contributed by atoms with E-state index in [1.54, 1.807) is 7.05 Å². The van der Waals surface area contributed by atoms with E-state index in [4.69, 9.17) is 0 Å². The van der Waals surface area contributed by atoms with Gasteiger partial charge in [-0.3, -0.25) is 14.4 Å². The Kier molecular flexibility index (Phi) is 11.0. The first-order valence-corrected chi connectivity index (χ1v) is 12.2. The van der Waals surface area contributed by atoms with Crippen molar-refractivity contribution in [2.45, 2.75) is 88.0 Å². The fourth-order valence-corrected chi connectivity index (χ4v) is 5.47. The van der Waals surface area contributed by atoms with Crippen LogP contribution in [-0.2, 0) is 14.4 Å². The highest BCUT2D eigenvalue weighted by Crippen LogP contribution is 2.33. The van der Waals surface area contributed by atoms with E-state index in [9.17, 15) is 19.2 Å². The number of hydrogen-bond donors (Lipinski definition) is 4. The third kappa shape index (κ3) is 8.93. The van der Waals surface area contributed by atoms with Gasteiger partial charge in [0.05, 0.1) is 12.1 Å². The molecule has 170 valence electrons. The van der Waals surface area contributed by atoms with Crippen LogP contribution in [0.1, 0.15) is 70.6 Å². The highest BCUT2D eigenvalue weighted by Gasteiger charge is 2.42. The normalized spacial score (nSPS) is 22.2. The predicted molar refractivity (Wildman–Crippen MR) is 118 cm³/mol. The molecule has 0 saturated carbocycles. The maximum Gasteiger partial charge on any atom is 0.315 e. The molecule has 30 heavy (non-hydrogen) atoms. The van der Waals surface area contributed by atoms with E-state index < -0.39 is 0 Å². The highest BCUT2D eigenvalue weighted by molar-refractivity contribution is 8.00. The minimum atomic E-state index is -0.0781. The Morgan fingerprint density at radius 2 is 1.63 bits per heavy atom. The van der Waals surface area contributed by atoms with Crippen LogP contribution in [0.5, 0.6) is 0 Å². The molecule has 2 aliphatic heterocycles. The minimum Gasteiger partial charge on any atom is -0.359 e. The summed E-state index contributed by atoms with van der Waals surface area (Å²) >= 11 is 1.92. The molecule has 0 unspecified atom stereocenters. The summed E-state index contributed by atoms with van der Waals surface area (Å²) in [6, 6.07) is 0.464. The number of amides is 4. The Morgan fingerprint density at radius 1 is 0.933 bits per heavy atom. The number of thioether (sulfide) groups is 1. The lowest BCUT2D eigenvalue weighted by molar-refractivity contribution is -0.122. The number of Topliss-reactive ketones (excluding diaryl/α,β-unsaturated/α-hetero) is 1. The third-order valence-electron chi connectivity index (χ3n) is 5.69. The summed E-state index contributed by atoms with van der Waals surface area (Å²) in [5.74, 6) is 1.21. The molecule has 0 aromatic rings. The highest BCUT2D eigenvalue weighted by atomic mass is 32.2. The molecule has 0 aliphatic carbocycles. The van der Waals surface area contributed by atoms with Crippen LogP contribution in [0.15, 0.2) is 0 Å². The standard InChI is InChI=1S/C21H36N4O4S/c1-22-18(27)12-13-23-19(28)11-5-3-2-4-8-15(26)9-6-7-10-17-20-16(14-30-17)24-21(29)25-20/h16-17,20H,2-14H2,1H3,(H,22,27)(H,23,28)(H2,24,25,29)/t16-,17-,20-/m0/s1. The first kappa shape index (κ1) is 24.5. The second-order valence-electron chi connectivity index (χ2n) is 8.09. The molecule has 2 saturated heterocycles. The fraction of sp³-hybridized carbons (Fsp3) is 0.810. The lowest BCUT2D eigenvalue weighted by Crippen LogP contribution is -2.36. The monoisotopic (exact) mass is 440 g/mol. The number of rotatable bonds is 15. The van der Waals surface area contributed by atoms with Gasteiger partial charge in [0.25, 0.3) is 0 Å². The molecule has 2 fully saturated rings. The molecular weight excluding hydrogens is 404 g/mol.